The topological polar surface area (TPSA) is 24.5 Å². The zero-order valence-corrected chi connectivity index (χ0v) is 11.6. The van der Waals surface area contributed by atoms with Crippen molar-refractivity contribution >= 4 is 0 Å². The molecule has 3 heteroatoms. The normalized spacial score (nSPS) is 26.4. The van der Waals surface area contributed by atoms with E-state index < -0.39 is 0 Å². The monoisotopic (exact) mass is 260 g/mol. The summed E-state index contributed by atoms with van der Waals surface area (Å²) in [5.41, 5.74) is 1.40. The number of hydrogen-bond donors (Lipinski definition) is 1. The number of nitrogens with zero attached hydrogens (tertiary/aromatic N) is 1. The maximum Gasteiger partial charge on any atom is 0.0664 e. The van der Waals surface area contributed by atoms with Gasteiger partial charge in [0.1, 0.15) is 0 Å². The van der Waals surface area contributed by atoms with Crippen molar-refractivity contribution < 1.29 is 4.74 Å². The Bertz CT molecular complexity index is 376. The molecule has 3 nitrogen and oxygen atoms in total. The molecule has 0 amide bonds. The standard InChI is InChI=1S/C16H24N2O/c1-2-4-15(5-3-1)16-13-19-11-10-18(16)12-14-6-8-17-9-7-14/h1-5,14,16-17H,6-13H2. The van der Waals surface area contributed by atoms with E-state index in [0.717, 1.165) is 25.7 Å². The van der Waals surface area contributed by atoms with E-state index in [1.165, 1.54) is 38.0 Å². The molecule has 1 aromatic carbocycles. The fraction of sp³-hybridized carbons (Fsp3) is 0.625. The van der Waals surface area contributed by atoms with Gasteiger partial charge in [0.05, 0.1) is 19.3 Å². The van der Waals surface area contributed by atoms with E-state index in [1.807, 2.05) is 0 Å². The highest BCUT2D eigenvalue weighted by Gasteiger charge is 2.27. The Hall–Kier alpha value is -0.900. The Morgan fingerprint density at radius 2 is 1.95 bits per heavy atom. The first-order valence-corrected chi connectivity index (χ1v) is 7.51. The highest BCUT2D eigenvalue weighted by atomic mass is 16.5. The van der Waals surface area contributed by atoms with E-state index >= 15 is 0 Å². The van der Waals surface area contributed by atoms with Gasteiger partial charge in [0.2, 0.25) is 0 Å². The van der Waals surface area contributed by atoms with Crippen LogP contribution in [0.25, 0.3) is 0 Å². The lowest BCUT2D eigenvalue weighted by molar-refractivity contribution is -0.0172. The molecule has 2 fully saturated rings. The van der Waals surface area contributed by atoms with E-state index in [2.05, 4.69) is 40.5 Å². The van der Waals surface area contributed by atoms with Gasteiger partial charge in [-0.2, -0.15) is 0 Å². The van der Waals surface area contributed by atoms with Gasteiger partial charge in [0.15, 0.2) is 0 Å². The van der Waals surface area contributed by atoms with Gasteiger partial charge in [0.25, 0.3) is 0 Å². The summed E-state index contributed by atoms with van der Waals surface area (Å²) in [6.45, 7) is 6.40. The van der Waals surface area contributed by atoms with Crippen molar-refractivity contribution in [2.24, 2.45) is 5.92 Å². The van der Waals surface area contributed by atoms with Gasteiger partial charge in [0, 0.05) is 13.1 Å². The Morgan fingerprint density at radius 1 is 1.16 bits per heavy atom. The number of rotatable bonds is 3. The van der Waals surface area contributed by atoms with Crippen molar-refractivity contribution in [3.05, 3.63) is 35.9 Å². The van der Waals surface area contributed by atoms with Crippen molar-refractivity contribution in [2.45, 2.75) is 18.9 Å². The van der Waals surface area contributed by atoms with E-state index in [9.17, 15) is 0 Å². The molecule has 1 atom stereocenters. The molecule has 0 aliphatic carbocycles. The summed E-state index contributed by atoms with van der Waals surface area (Å²) in [7, 11) is 0. The third-order valence-electron chi connectivity index (χ3n) is 4.38. The quantitative estimate of drug-likeness (QED) is 0.900. The fourth-order valence-corrected chi connectivity index (χ4v) is 3.23. The third kappa shape index (κ3) is 3.35. The van der Waals surface area contributed by atoms with Crippen LogP contribution in [-0.2, 0) is 4.74 Å². The van der Waals surface area contributed by atoms with Gasteiger partial charge < -0.3 is 10.1 Å². The Morgan fingerprint density at radius 3 is 2.74 bits per heavy atom. The molecule has 3 rings (SSSR count). The predicted octanol–water partition coefficient (Wildman–Crippen LogP) is 2.06. The second kappa shape index (κ2) is 6.51. The smallest absolute Gasteiger partial charge is 0.0664 e. The average molecular weight is 260 g/mol. The van der Waals surface area contributed by atoms with Crippen LogP contribution in [0.5, 0.6) is 0 Å². The van der Waals surface area contributed by atoms with Crippen LogP contribution in [0.15, 0.2) is 30.3 Å². The fourth-order valence-electron chi connectivity index (χ4n) is 3.23. The summed E-state index contributed by atoms with van der Waals surface area (Å²) < 4.78 is 5.70. The number of hydrogen-bond acceptors (Lipinski definition) is 3. The van der Waals surface area contributed by atoms with Crippen LogP contribution < -0.4 is 5.32 Å². The zero-order chi connectivity index (χ0) is 12.9. The van der Waals surface area contributed by atoms with Crippen molar-refractivity contribution in [1.82, 2.24) is 10.2 Å². The van der Waals surface area contributed by atoms with Crippen LogP contribution in [0.3, 0.4) is 0 Å². The molecule has 2 aliphatic heterocycles. The maximum atomic E-state index is 5.70. The van der Waals surface area contributed by atoms with Crippen LogP contribution in [0.1, 0.15) is 24.4 Å². The molecular weight excluding hydrogens is 236 g/mol. The molecule has 2 heterocycles. The summed E-state index contributed by atoms with van der Waals surface area (Å²) in [5.74, 6) is 0.852. The average Bonchev–Trinajstić information content (AvgIpc) is 2.50. The number of nitrogens with one attached hydrogen (secondary N) is 1. The summed E-state index contributed by atoms with van der Waals surface area (Å²) in [5, 5.41) is 3.45. The minimum absolute atomic E-state index is 0.449. The lowest BCUT2D eigenvalue weighted by atomic mass is 9.95. The number of morpholine rings is 1. The predicted molar refractivity (Wildman–Crippen MR) is 77.2 cm³/mol. The van der Waals surface area contributed by atoms with Crippen LogP contribution >= 0.6 is 0 Å². The van der Waals surface area contributed by atoms with Gasteiger partial charge in [-0.15, -0.1) is 0 Å². The Kier molecular flexibility index (Phi) is 4.49. The lowest BCUT2D eigenvalue weighted by Gasteiger charge is -2.39. The first kappa shape index (κ1) is 13.1. The molecule has 1 aromatic rings. The van der Waals surface area contributed by atoms with Gasteiger partial charge in [-0.3, -0.25) is 4.90 Å². The first-order valence-electron chi connectivity index (χ1n) is 7.51. The summed E-state index contributed by atoms with van der Waals surface area (Å²) in [4.78, 5) is 2.63. The molecular formula is C16H24N2O. The molecule has 1 N–H and O–H groups in total. The van der Waals surface area contributed by atoms with Crippen molar-refractivity contribution in [1.29, 1.82) is 0 Å². The third-order valence-corrected chi connectivity index (χ3v) is 4.38. The van der Waals surface area contributed by atoms with Crippen molar-refractivity contribution in [2.75, 3.05) is 39.4 Å². The van der Waals surface area contributed by atoms with E-state index in [4.69, 9.17) is 4.74 Å². The second-order valence-corrected chi connectivity index (χ2v) is 5.69. The summed E-state index contributed by atoms with van der Waals surface area (Å²) >= 11 is 0. The summed E-state index contributed by atoms with van der Waals surface area (Å²) in [6.07, 6.45) is 2.64. The van der Waals surface area contributed by atoms with Crippen molar-refractivity contribution in [3.63, 3.8) is 0 Å². The SMILES string of the molecule is c1ccc(C2COCCN2CC2CCNCC2)cc1. The number of ether oxygens (including phenoxy) is 1. The first-order chi connectivity index (χ1) is 9.43. The molecule has 0 saturated carbocycles. The highest BCUT2D eigenvalue weighted by molar-refractivity contribution is 5.19. The molecule has 2 aliphatic rings. The van der Waals surface area contributed by atoms with E-state index in [0.29, 0.717) is 6.04 Å². The van der Waals surface area contributed by atoms with Gasteiger partial charge in [-0.1, -0.05) is 30.3 Å². The molecule has 0 aromatic heterocycles. The zero-order valence-electron chi connectivity index (χ0n) is 11.6. The van der Waals surface area contributed by atoms with Crippen LogP contribution in [0.2, 0.25) is 0 Å². The lowest BCUT2D eigenvalue weighted by Crippen LogP contribution is -2.43. The molecule has 1 unspecified atom stereocenters. The van der Waals surface area contributed by atoms with Crippen molar-refractivity contribution in [3.8, 4) is 0 Å². The van der Waals surface area contributed by atoms with Crippen LogP contribution in [-0.4, -0.2) is 44.3 Å². The van der Waals surface area contributed by atoms with Gasteiger partial charge in [-0.05, 0) is 37.4 Å². The van der Waals surface area contributed by atoms with Crippen LogP contribution in [0.4, 0.5) is 0 Å². The number of benzene rings is 1. The highest BCUT2D eigenvalue weighted by Crippen LogP contribution is 2.26. The molecule has 2 saturated heterocycles. The summed E-state index contributed by atoms with van der Waals surface area (Å²) in [6, 6.07) is 11.3. The molecule has 104 valence electrons. The number of piperidine rings is 1. The minimum atomic E-state index is 0.449. The minimum Gasteiger partial charge on any atom is -0.378 e. The molecule has 0 bridgehead atoms. The van der Waals surface area contributed by atoms with E-state index in [1.54, 1.807) is 0 Å². The molecule has 0 radical (unpaired) electrons. The largest absolute Gasteiger partial charge is 0.378 e. The van der Waals surface area contributed by atoms with Gasteiger partial charge in [-0.25, -0.2) is 0 Å². The Balaban J connectivity index is 1.66. The second-order valence-electron chi connectivity index (χ2n) is 5.69. The maximum absolute atomic E-state index is 5.70. The van der Waals surface area contributed by atoms with E-state index in [-0.39, 0.29) is 0 Å². The molecule has 0 spiro atoms. The van der Waals surface area contributed by atoms with Crippen LogP contribution in [0, 0.1) is 5.92 Å². The molecule has 19 heavy (non-hydrogen) atoms. The Labute approximate surface area is 115 Å². The van der Waals surface area contributed by atoms with Gasteiger partial charge >= 0.3 is 0 Å².